The molecule has 0 spiro atoms. The minimum atomic E-state index is -3.68. The van der Waals surface area contributed by atoms with Gasteiger partial charge in [0.1, 0.15) is 5.69 Å². The van der Waals surface area contributed by atoms with Crippen molar-refractivity contribution >= 4 is 27.4 Å². The molecule has 1 aromatic heterocycles. The summed E-state index contributed by atoms with van der Waals surface area (Å²) in [5, 5.41) is 8.55. The standard InChI is InChI=1S/C12H19N3O5S/c1-15(2)9-6-7-13-12(20-3)11(9)14-21(18,19)8-4-5-10(16)17/h6-7,14H,4-5,8H2,1-3H3,(H,16,17). The van der Waals surface area contributed by atoms with Gasteiger partial charge in [-0.2, -0.15) is 0 Å². The molecular formula is C12H19N3O5S. The van der Waals surface area contributed by atoms with Crippen LogP contribution in [0.5, 0.6) is 5.88 Å². The van der Waals surface area contributed by atoms with Crippen LogP contribution < -0.4 is 14.4 Å². The average molecular weight is 317 g/mol. The normalized spacial score (nSPS) is 11.0. The van der Waals surface area contributed by atoms with Crippen LogP contribution in [-0.4, -0.2) is 51.4 Å². The zero-order chi connectivity index (χ0) is 16.0. The van der Waals surface area contributed by atoms with Gasteiger partial charge in [-0.1, -0.05) is 0 Å². The Labute approximate surface area is 123 Å². The van der Waals surface area contributed by atoms with Gasteiger partial charge in [0.2, 0.25) is 15.9 Å². The van der Waals surface area contributed by atoms with Gasteiger partial charge < -0.3 is 14.7 Å². The van der Waals surface area contributed by atoms with E-state index in [1.165, 1.54) is 13.3 Å². The molecule has 21 heavy (non-hydrogen) atoms. The number of carboxylic acids is 1. The van der Waals surface area contributed by atoms with Crippen LogP contribution in [0.15, 0.2) is 12.3 Å². The summed E-state index contributed by atoms with van der Waals surface area (Å²) >= 11 is 0. The lowest BCUT2D eigenvalue weighted by Crippen LogP contribution is -2.21. The van der Waals surface area contributed by atoms with E-state index in [1.54, 1.807) is 25.1 Å². The predicted molar refractivity (Wildman–Crippen MR) is 79.4 cm³/mol. The number of methoxy groups -OCH3 is 1. The van der Waals surface area contributed by atoms with Crippen molar-refractivity contribution in [3.05, 3.63) is 12.3 Å². The second kappa shape index (κ2) is 7.11. The van der Waals surface area contributed by atoms with Gasteiger partial charge in [0.25, 0.3) is 0 Å². The van der Waals surface area contributed by atoms with E-state index in [1.807, 2.05) is 0 Å². The summed E-state index contributed by atoms with van der Waals surface area (Å²) in [7, 11) is 1.24. The molecule has 0 unspecified atom stereocenters. The molecule has 0 saturated carbocycles. The molecule has 2 N–H and O–H groups in total. The van der Waals surface area contributed by atoms with Crippen LogP contribution in [0.25, 0.3) is 0 Å². The number of carbonyl (C=O) groups is 1. The highest BCUT2D eigenvalue weighted by molar-refractivity contribution is 7.92. The number of carboxylic acid groups (broad SMARTS) is 1. The summed E-state index contributed by atoms with van der Waals surface area (Å²) in [4.78, 5) is 16.1. The van der Waals surface area contributed by atoms with Crippen molar-refractivity contribution in [1.29, 1.82) is 0 Å². The lowest BCUT2D eigenvalue weighted by molar-refractivity contribution is -0.137. The molecule has 1 aromatic rings. The van der Waals surface area contributed by atoms with Crippen molar-refractivity contribution in [2.24, 2.45) is 0 Å². The largest absolute Gasteiger partial charge is 0.481 e. The molecule has 8 nitrogen and oxygen atoms in total. The van der Waals surface area contributed by atoms with Crippen molar-refractivity contribution in [3.8, 4) is 5.88 Å². The molecule has 0 bridgehead atoms. The van der Waals surface area contributed by atoms with Crippen LogP contribution in [0.2, 0.25) is 0 Å². The fourth-order valence-electron chi connectivity index (χ4n) is 1.68. The summed E-state index contributed by atoms with van der Waals surface area (Å²) in [6.45, 7) is 0. The number of aromatic nitrogens is 1. The highest BCUT2D eigenvalue weighted by Gasteiger charge is 2.19. The molecule has 0 aliphatic heterocycles. The number of ether oxygens (including phenoxy) is 1. The van der Waals surface area contributed by atoms with Gasteiger partial charge in [-0.15, -0.1) is 0 Å². The Hall–Kier alpha value is -2.03. The first-order chi connectivity index (χ1) is 9.76. The fourth-order valence-corrected chi connectivity index (χ4v) is 2.81. The Morgan fingerprint density at radius 2 is 2.14 bits per heavy atom. The number of sulfonamides is 1. The second-order valence-electron chi connectivity index (χ2n) is 4.53. The van der Waals surface area contributed by atoms with Gasteiger partial charge in [0.15, 0.2) is 0 Å². The van der Waals surface area contributed by atoms with Crippen LogP contribution in [0, 0.1) is 0 Å². The first-order valence-electron chi connectivity index (χ1n) is 6.19. The smallest absolute Gasteiger partial charge is 0.303 e. The van der Waals surface area contributed by atoms with Crippen LogP contribution >= 0.6 is 0 Å². The average Bonchev–Trinajstić information content (AvgIpc) is 2.37. The van der Waals surface area contributed by atoms with Gasteiger partial charge in [-0.05, 0) is 12.5 Å². The number of nitrogens with one attached hydrogen (secondary N) is 1. The van der Waals surface area contributed by atoms with E-state index >= 15 is 0 Å². The Morgan fingerprint density at radius 3 is 2.67 bits per heavy atom. The first-order valence-corrected chi connectivity index (χ1v) is 7.84. The second-order valence-corrected chi connectivity index (χ2v) is 6.37. The van der Waals surface area contributed by atoms with Gasteiger partial charge in [-0.3, -0.25) is 9.52 Å². The molecule has 9 heteroatoms. The first kappa shape index (κ1) is 17.0. The van der Waals surface area contributed by atoms with Crippen LogP contribution in [0.1, 0.15) is 12.8 Å². The predicted octanol–water partition coefficient (Wildman–Crippen LogP) is 0.763. The van der Waals surface area contributed by atoms with Crippen LogP contribution in [-0.2, 0) is 14.8 Å². The maximum absolute atomic E-state index is 12.0. The molecule has 0 fully saturated rings. The lowest BCUT2D eigenvalue weighted by atomic mass is 10.3. The van der Waals surface area contributed by atoms with Crippen molar-refractivity contribution in [3.63, 3.8) is 0 Å². The molecule has 1 rings (SSSR count). The lowest BCUT2D eigenvalue weighted by Gasteiger charge is -2.19. The quantitative estimate of drug-likeness (QED) is 0.728. The Morgan fingerprint density at radius 1 is 1.48 bits per heavy atom. The maximum atomic E-state index is 12.0. The van der Waals surface area contributed by atoms with E-state index in [-0.39, 0.29) is 30.2 Å². The van der Waals surface area contributed by atoms with Gasteiger partial charge in [0, 0.05) is 26.7 Å². The number of pyridine rings is 1. The summed E-state index contributed by atoms with van der Waals surface area (Å²) in [6.07, 6.45) is 1.34. The third-order valence-electron chi connectivity index (χ3n) is 2.63. The number of anilines is 2. The SMILES string of the molecule is COc1nccc(N(C)C)c1NS(=O)(=O)CCCC(=O)O. The van der Waals surface area contributed by atoms with Crippen LogP contribution in [0.3, 0.4) is 0 Å². The van der Waals surface area contributed by atoms with Gasteiger partial charge in [-0.25, -0.2) is 13.4 Å². The van der Waals surface area contributed by atoms with Crippen molar-refractivity contribution in [2.75, 3.05) is 36.6 Å². The molecule has 0 atom stereocenters. The summed E-state index contributed by atoms with van der Waals surface area (Å²) in [6, 6.07) is 1.65. The van der Waals surface area contributed by atoms with Gasteiger partial charge >= 0.3 is 5.97 Å². The van der Waals surface area contributed by atoms with E-state index in [4.69, 9.17) is 9.84 Å². The Balaban J connectivity index is 2.97. The summed E-state index contributed by atoms with van der Waals surface area (Å²) in [5.74, 6) is -1.16. The molecule has 118 valence electrons. The Bertz CT molecular complexity index is 601. The zero-order valence-electron chi connectivity index (χ0n) is 12.2. The number of hydrogen-bond donors (Lipinski definition) is 2. The maximum Gasteiger partial charge on any atom is 0.303 e. The monoisotopic (exact) mass is 317 g/mol. The number of hydrogen-bond acceptors (Lipinski definition) is 6. The minimum absolute atomic E-state index is 0.0323. The fraction of sp³-hybridized carbons (Fsp3) is 0.500. The molecule has 1 heterocycles. The highest BCUT2D eigenvalue weighted by Crippen LogP contribution is 2.32. The van der Waals surface area contributed by atoms with Gasteiger partial charge in [0.05, 0.1) is 18.6 Å². The Kier molecular flexibility index (Phi) is 5.77. The molecule has 0 aliphatic rings. The van der Waals surface area contributed by atoms with E-state index in [9.17, 15) is 13.2 Å². The highest BCUT2D eigenvalue weighted by atomic mass is 32.2. The zero-order valence-corrected chi connectivity index (χ0v) is 13.0. The molecule has 0 amide bonds. The van der Waals surface area contributed by atoms with E-state index in [2.05, 4.69) is 9.71 Å². The van der Waals surface area contributed by atoms with E-state index in [0.29, 0.717) is 5.69 Å². The molecule has 0 aliphatic carbocycles. The van der Waals surface area contributed by atoms with Crippen molar-refractivity contribution in [1.82, 2.24) is 4.98 Å². The minimum Gasteiger partial charge on any atom is -0.481 e. The summed E-state index contributed by atoms with van der Waals surface area (Å²) in [5.41, 5.74) is 0.837. The van der Waals surface area contributed by atoms with E-state index in [0.717, 1.165) is 0 Å². The van der Waals surface area contributed by atoms with Crippen molar-refractivity contribution < 1.29 is 23.1 Å². The molecule has 0 saturated heterocycles. The summed E-state index contributed by atoms with van der Waals surface area (Å²) < 4.78 is 31.5. The van der Waals surface area contributed by atoms with Crippen LogP contribution in [0.4, 0.5) is 11.4 Å². The van der Waals surface area contributed by atoms with E-state index < -0.39 is 16.0 Å². The van der Waals surface area contributed by atoms with Crippen molar-refractivity contribution in [2.45, 2.75) is 12.8 Å². The number of rotatable bonds is 8. The molecule has 0 aromatic carbocycles. The molecule has 0 radical (unpaired) electrons. The number of aliphatic carboxylic acids is 1. The third-order valence-corrected chi connectivity index (χ3v) is 3.97. The number of nitrogens with zero attached hydrogens (tertiary/aromatic N) is 2. The third kappa shape index (κ3) is 5.10. The topological polar surface area (TPSA) is 109 Å². The molecular weight excluding hydrogens is 298 g/mol.